The number of benzene rings is 1. The first-order valence-corrected chi connectivity index (χ1v) is 10.9. The van der Waals surface area contributed by atoms with Gasteiger partial charge < -0.3 is 4.90 Å². The van der Waals surface area contributed by atoms with Gasteiger partial charge in [0.05, 0.1) is 27.8 Å². The summed E-state index contributed by atoms with van der Waals surface area (Å²) in [5.41, 5.74) is 1.06. The molecule has 0 aliphatic carbocycles. The Morgan fingerprint density at radius 2 is 1.96 bits per heavy atom. The van der Waals surface area contributed by atoms with E-state index in [1.807, 2.05) is 0 Å². The third kappa shape index (κ3) is 3.83. The Labute approximate surface area is 161 Å². The number of piperazine rings is 1. The van der Waals surface area contributed by atoms with Gasteiger partial charge in [-0.05, 0) is 35.0 Å². The van der Waals surface area contributed by atoms with Gasteiger partial charge in [0.1, 0.15) is 6.33 Å². The van der Waals surface area contributed by atoms with Gasteiger partial charge in [0.15, 0.2) is 9.84 Å². The molecule has 9 nitrogen and oxygen atoms in total. The van der Waals surface area contributed by atoms with Crippen LogP contribution in [0.15, 0.2) is 24.5 Å². The van der Waals surface area contributed by atoms with Crippen LogP contribution in [0, 0.1) is 0 Å². The maximum absolute atomic E-state index is 12.9. The van der Waals surface area contributed by atoms with Crippen molar-refractivity contribution in [2.75, 3.05) is 37.7 Å². The summed E-state index contributed by atoms with van der Waals surface area (Å²) in [7, 11) is -2.91. The molecule has 144 valence electrons. The van der Waals surface area contributed by atoms with Crippen LogP contribution >= 0.6 is 11.6 Å². The summed E-state index contributed by atoms with van der Waals surface area (Å²) in [4.78, 5) is 16.9. The van der Waals surface area contributed by atoms with Crippen molar-refractivity contribution in [2.24, 2.45) is 0 Å². The number of amides is 1. The molecule has 2 aliphatic heterocycles. The Bertz CT molecular complexity index is 941. The smallest absolute Gasteiger partial charge is 0.255 e. The number of aromatic nitrogens is 4. The molecule has 0 unspecified atom stereocenters. The summed E-state index contributed by atoms with van der Waals surface area (Å²) in [6, 6.07) is 5.15. The van der Waals surface area contributed by atoms with Gasteiger partial charge in [0.2, 0.25) is 0 Å². The van der Waals surface area contributed by atoms with Crippen LogP contribution in [-0.4, -0.2) is 88.1 Å². The van der Waals surface area contributed by atoms with Crippen LogP contribution in [0.25, 0.3) is 5.69 Å². The van der Waals surface area contributed by atoms with Crippen molar-refractivity contribution in [3.05, 3.63) is 35.1 Å². The summed E-state index contributed by atoms with van der Waals surface area (Å²) < 4.78 is 24.8. The highest BCUT2D eigenvalue weighted by Gasteiger charge is 2.34. The molecular weight excluding hydrogens is 392 g/mol. The van der Waals surface area contributed by atoms with Crippen molar-refractivity contribution in [3.63, 3.8) is 0 Å². The normalized spacial score (nSPS) is 22.9. The van der Waals surface area contributed by atoms with E-state index in [4.69, 9.17) is 11.6 Å². The lowest BCUT2D eigenvalue weighted by molar-refractivity contribution is 0.0588. The van der Waals surface area contributed by atoms with Crippen molar-refractivity contribution in [1.82, 2.24) is 30.0 Å². The number of rotatable bonds is 3. The molecular formula is C16H19ClN6O3S. The molecule has 3 heterocycles. The fourth-order valence-electron chi connectivity index (χ4n) is 3.62. The first-order chi connectivity index (χ1) is 12.9. The number of hydrogen-bond acceptors (Lipinski definition) is 7. The monoisotopic (exact) mass is 410 g/mol. The highest BCUT2D eigenvalue weighted by atomic mass is 35.5. The Morgan fingerprint density at radius 3 is 2.59 bits per heavy atom. The van der Waals surface area contributed by atoms with Crippen LogP contribution in [0.3, 0.4) is 0 Å². The fourth-order valence-corrected chi connectivity index (χ4v) is 5.58. The number of sulfone groups is 1. The molecule has 2 saturated heterocycles. The topological polar surface area (TPSA) is 101 Å². The van der Waals surface area contributed by atoms with E-state index in [9.17, 15) is 13.2 Å². The number of hydrogen-bond donors (Lipinski definition) is 0. The van der Waals surface area contributed by atoms with Crippen LogP contribution in [-0.2, 0) is 9.84 Å². The molecule has 27 heavy (non-hydrogen) atoms. The van der Waals surface area contributed by atoms with Crippen LogP contribution in [0.5, 0.6) is 0 Å². The summed E-state index contributed by atoms with van der Waals surface area (Å²) >= 11 is 6.25. The van der Waals surface area contributed by atoms with Crippen molar-refractivity contribution < 1.29 is 13.2 Å². The average Bonchev–Trinajstić information content (AvgIpc) is 3.31. The van der Waals surface area contributed by atoms with E-state index in [2.05, 4.69) is 20.4 Å². The maximum atomic E-state index is 12.9. The average molecular weight is 411 g/mol. The second-order valence-corrected chi connectivity index (χ2v) is 9.44. The van der Waals surface area contributed by atoms with Gasteiger partial charge in [0, 0.05) is 32.2 Å². The van der Waals surface area contributed by atoms with Gasteiger partial charge in [-0.25, -0.2) is 13.1 Å². The minimum atomic E-state index is -2.91. The predicted molar refractivity (Wildman–Crippen MR) is 98.7 cm³/mol. The van der Waals surface area contributed by atoms with Crippen molar-refractivity contribution >= 4 is 27.3 Å². The predicted octanol–water partition coefficient (Wildman–Crippen LogP) is 0.261. The molecule has 4 rings (SSSR count). The SMILES string of the molecule is O=C(c1cc(-n2cnnn2)ccc1Cl)N1CCN([C@H]2CCS(=O)(=O)C2)CC1. The lowest BCUT2D eigenvalue weighted by Crippen LogP contribution is -2.52. The first-order valence-electron chi connectivity index (χ1n) is 8.70. The molecule has 11 heteroatoms. The van der Waals surface area contributed by atoms with E-state index in [1.165, 1.54) is 11.0 Å². The Morgan fingerprint density at radius 1 is 1.19 bits per heavy atom. The van der Waals surface area contributed by atoms with Crippen LogP contribution in [0.4, 0.5) is 0 Å². The third-order valence-corrected chi connectivity index (χ3v) is 7.20. The second-order valence-electron chi connectivity index (χ2n) is 6.80. The van der Waals surface area contributed by atoms with E-state index in [1.54, 1.807) is 23.1 Å². The number of carbonyl (C=O) groups is 1. The van der Waals surface area contributed by atoms with E-state index in [0.717, 1.165) is 0 Å². The molecule has 0 radical (unpaired) electrons. The highest BCUT2D eigenvalue weighted by Crippen LogP contribution is 2.23. The highest BCUT2D eigenvalue weighted by molar-refractivity contribution is 7.91. The minimum Gasteiger partial charge on any atom is -0.336 e. The number of halogens is 1. The number of nitrogens with zero attached hydrogens (tertiary/aromatic N) is 6. The molecule has 2 aliphatic rings. The lowest BCUT2D eigenvalue weighted by Gasteiger charge is -2.37. The molecule has 0 spiro atoms. The van der Waals surface area contributed by atoms with Gasteiger partial charge in [-0.1, -0.05) is 11.6 Å². The van der Waals surface area contributed by atoms with Crippen LogP contribution < -0.4 is 0 Å². The Hall–Kier alpha value is -2.04. The molecule has 0 N–H and O–H groups in total. The Kier molecular flexibility index (Phi) is 4.87. The zero-order chi connectivity index (χ0) is 19.0. The van der Waals surface area contributed by atoms with E-state index < -0.39 is 9.84 Å². The second kappa shape index (κ2) is 7.17. The van der Waals surface area contributed by atoms with Crippen LogP contribution in [0.1, 0.15) is 16.8 Å². The van der Waals surface area contributed by atoms with E-state index in [0.29, 0.717) is 48.9 Å². The van der Waals surface area contributed by atoms with E-state index in [-0.39, 0.29) is 23.5 Å². The van der Waals surface area contributed by atoms with Crippen molar-refractivity contribution in [3.8, 4) is 5.69 Å². The molecule has 2 aromatic rings. The van der Waals surface area contributed by atoms with Crippen molar-refractivity contribution in [2.45, 2.75) is 12.5 Å². The lowest BCUT2D eigenvalue weighted by atomic mass is 10.1. The zero-order valence-electron chi connectivity index (χ0n) is 14.5. The van der Waals surface area contributed by atoms with Gasteiger partial charge >= 0.3 is 0 Å². The standard InChI is InChI=1S/C16H19ClN6O3S/c17-15-2-1-12(23-11-18-19-20-23)9-14(15)16(24)22-6-4-21(5-7-22)13-3-8-27(25,26)10-13/h1-2,9,11,13H,3-8,10H2/t13-/m0/s1. The molecule has 0 saturated carbocycles. The molecule has 1 aromatic heterocycles. The number of tetrazole rings is 1. The van der Waals surface area contributed by atoms with Gasteiger partial charge in [-0.2, -0.15) is 0 Å². The maximum Gasteiger partial charge on any atom is 0.255 e. The molecule has 0 bridgehead atoms. The van der Waals surface area contributed by atoms with Crippen molar-refractivity contribution in [1.29, 1.82) is 0 Å². The first kappa shape index (κ1) is 18.3. The third-order valence-electron chi connectivity index (χ3n) is 5.12. The summed E-state index contributed by atoms with van der Waals surface area (Å²) in [5.74, 6) is 0.338. The van der Waals surface area contributed by atoms with Gasteiger partial charge in [-0.15, -0.1) is 5.10 Å². The largest absolute Gasteiger partial charge is 0.336 e. The van der Waals surface area contributed by atoms with Gasteiger partial charge in [-0.3, -0.25) is 9.69 Å². The van der Waals surface area contributed by atoms with Gasteiger partial charge in [0.25, 0.3) is 5.91 Å². The minimum absolute atomic E-state index is 0.0685. The number of carbonyl (C=O) groups excluding carboxylic acids is 1. The summed E-state index contributed by atoms with van der Waals surface area (Å²) in [6.07, 6.45) is 2.13. The molecule has 1 aromatic carbocycles. The van der Waals surface area contributed by atoms with Crippen LogP contribution in [0.2, 0.25) is 5.02 Å². The quantitative estimate of drug-likeness (QED) is 0.715. The van der Waals surface area contributed by atoms with E-state index >= 15 is 0 Å². The summed E-state index contributed by atoms with van der Waals surface area (Å²) in [6.45, 7) is 2.41. The molecule has 1 amide bonds. The Balaban J connectivity index is 1.45. The molecule has 2 fully saturated rings. The zero-order valence-corrected chi connectivity index (χ0v) is 16.1. The summed E-state index contributed by atoms with van der Waals surface area (Å²) in [5, 5.41) is 11.4. The molecule has 1 atom stereocenters. The fraction of sp³-hybridized carbons (Fsp3) is 0.500.